The highest BCUT2D eigenvalue weighted by Crippen LogP contribution is 2.46. The number of nitrogens with one attached hydrogen (secondary N) is 1. The van der Waals surface area contributed by atoms with E-state index < -0.39 is 35.4 Å². The summed E-state index contributed by atoms with van der Waals surface area (Å²) in [7, 11) is 1.28. The second-order valence-electron chi connectivity index (χ2n) is 6.66. The summed E-state index contributed by atoms with van der Waals surface area (Å²) in [4.78, 5) is 25.6. The fraction of sp³-hybridized carbons (Fsp3) is 0.263. The molecule has 2 amide bonds. The first-order valence-electron chi connectivity index (χ1n) is 8.29. The van der Waals surface area contributed by atoms with Crippen molar-refractivity contribution >= 4 is 17.7 Å². The molecule has 0 radical (unpaired) electrons. The third-order valence-corrected chi connectivity index (χ3v) is 4.84. The molecule has 0 saturated carbocycles. The molecule has 2 aliphatic heterocycles. The number of halogens is 2. The number of methoxy groups -OCH3 is 1. The Balaban J connectivity index is 1.78. The van der Waals surface area contributed by atoms with E-state index >= 15 is 0 Å². The first kappa shape index (κ1) is 17.3. The lowest BCUT2D eigenvalue weighted by atomic mass is 9.89. The fourth-order valence-corrected chi connectivity index (χ4v) is 3.64. The number of carbonyl (C=O) groups is 2. The van der Waals surface area contributed by atoms with Crippen LogP contribution < -0.4 is 15.0 Å². The van der Waals surface area contributed by atoms with E-state index in [-0.39, 0.29) is 12.1 Å². The Morgan fingerprint density at radius 2 is 2.07 bits per heavy atom. The first-order chi connectivity index (χ1) is 12.8. The molecule has 2 atom stereocenters. The van der Waals surface area contributed by atoms with Gasteiger partial charge in [0.1, 0.15) is 17.4 Å². The van der Waals surface area contributed by atoms with Crippen LogP contribution in [0.25, 0.3) is 0 Å². The van der Waals surface area contributed by atoms with Crippen LogP contribution in [0.15, 0.2) is 36.4 Å². The van der Waals surface area contributed by atoms with Crippen molar-refractivity contribution in [3.63, 3.8) is 0 Å². The summed E-state index contributed by atoms with van der Waals surface area (Å²) >= 11 is 0. The van der Waals surface area contributed by atoms with E-state index in [1.807, 2.05) is 0 Å². The maximum Gasteiger partial charge on any atom is 0.337 e. The lowest BCUT2D eigenvalue weighted by Gasteiger charge is -2.50. The Labute approximate surface area is 153 Å². The van der Waals surface area contributed by atoms with Gasteiger partial charge in [0.2, 0.25) is 0 Å². The molecule has 27 heavy (non-hydrogen) atoms. The number of amides is 2. The van der Waals surface area contributed by atoms with E-state index in [1.165, 1.54) is 7.11 Å². The smallest absolute Gasteiger partial charge is 0.337 e. The zero-order valence-electron chi connectivity index (χ0n) is 14.6. The summed E-state index contributed by atoms with van der Waals surface area (Å²) in [5, 5.41) is 2.77. The number of hydrogen-bond acceptors (Lipinski definition) is 4. The molecule has 0 unspecified atom stereocenters. The monoisotopic (exact) mass is 374 g/mol. The van der Waals surface area contributed by atoms with Gasteiger partial charge in [0, 0.05) is 18.1 Å². The molecule has 2 aromatic carbocycles. The predicted octanol–water partition coefficient (Wildman–Crippen LogP) is 3.52. The van der Waals surface area contributed by atoms with Gasteiger partial charge in [-0.1, -0.05) is 0 Å². The summed E-state index contributed by atoms with van der Waals surface area (Å²) in [6, 6.07) is 6.60. The molecule has 2 heterocycles. The number of hydrogen-bond donors (Lipinski definition) is 1. The van der Waals surface area contributed by atoms with E-state index in [2.05, 4.69) is 5.32 Å². The zero-order valence-corrected chi connectivity index (χ0v) is 14.6. The molecular formula is C19H16F2N2O4. The standard InChI is InChI=1S/C19H16F2N2O4/c1-19-9-14(12-7-10(17(24)26-2)3-6-16(12)27-19)22-18(25)23(19)15-8-11(20)4-5-13(15)21/h3-8,14H,9H2,1-2H3,(H,22,25)/t14-,19-/m1/s1. The van der Waals surface area contributed by atoms with Crippen molar-refractivity contribution in [3.05, 3.63) is 59.2 Å². The Morgan fingerprint density at radius 3 is 2.81 bits per heavy atom. The molecular weight excluding hydrogens is 358 g/mol. The average molecular weight is 374 g/mol. The van der Waals surface area contributed by atoms with Gasteiger partial charge in [-0.15, -0.1) is 0 Å². The SMILES string of the molecule is COC(=O)c1ccc2c(c1)[C@H]1C[C@@](C)(O2)N(c2cc(F)ccc2F)C(=O)N1. The van der Waals surface area contributed by atoms with Crippen LogP contribution in [0.2, 0.25) is 0 Å². The summed E-state index contributed by atoms with van der Waals surface area (Å²) in [5.41, 5.74) is -0.469. The van der Waals surface area contributed by atoms with E-state index in [0.717, 1.165) is 23.1 Å². The maximum absolute atomic E-state index is 14.3. The minimum absolute atomic E-state index is 0.205. The third kappa shape index (κ3) is 2.68. The Kier molecular flexibility index (Phi) is 3.80. The van der Waals surface area contributed by atoms with Gasteiger partial charge < -0.3 is 14.8 Å². The van der Waals surface area contributed by atoms with E-state index in [4.69, 9.17) is 9.47 Å². The topological polar surface area (TPSA) is 67.9 Å². The van der Waals surface area contributed by atoms with Crippen molar-refractivity contribution in [1.82, 2.24) is 5.32 Å². The van der Waals surface area contributed by atoms with Gasteiger partial charge in [-0.05, 0) is 37.3 Å². The normalized spacial score (nSPS) is 23.2. The number of rotatable bonds is 2. The van der Waals surface area contributed by atoms with Gasteiger partial charge in [0.25, 0.3) is 0 Å². The van der Waals surface area contributed by atoms with Crippen molar-refractivity contribution in [2.24, 2.45) is 0 Å². The zero-order chi connectivity index (χ0) is 19.3. The van der Waals surface area contributed by atoms with Crippen molar-refractivity contribution in [1.29, 1.82) is 0 Å². The Hall–Kier alpha value is -3.16. The largest absolute Gasteiger partial charge is 0.467 e. The Bertz CT molecular complexity index is 965. The molecule has 1 fully saturated rings. The number of benzene rings is 2. The summed E-state index contributed by atoms with van der Waals surface area (Å²) < 4.78 is 38.7. The van der Waals surface area contributed by atoms with E-state index in [1.54, 1.807) is 25.1 Å². The van der Waals surface area contributed by atoms with Crippen LogP contribution in [-0.4, -0.2) is 24.8 Å². The molecule has 0 aromatic heterocycles. The second-order valence-corrected chi connectivity index (χ2v) is 6.66. The summed E-state index contributed by atoms with van der Waals surface area (Å²) in [6.07, 6.45) is 0.284. The maximum atomic E-state index is 14.3. The van der Waals surface area contributed by atoms with Crippen LogP contribution in [0.4, 0.5) is 19.3 Å². The lowest BCUT2D eigenvalue weighted by molar-refractivity contribution is 0.0372. The van der Waals surface area contributed by atoms with Crippen LogP contribution in [-0.2, 0) is 4.74 Å². The molecule has 8 heteroatoms. The highest BCUT2D eigenvalue weighted by Gasteiger charge is 2.50. The van der Waals surface area contributed by atoms with Crippen LogP contribution in [0.1, 0.15) is 35.3 Å². The number of anilines is 1. The Morgan fingerprint density at radius 1 is 1.30 bits per heavy atom. The quantitative estimate of drug-likeness (QED) is 0.817. The number of esters is 1. The van der Waals surface area contributed by atoms with Crippen LogP contribution in [0, 0.1) is 11.6 Å². The van der Waals surface area contributed by atoms with Gasteiger partial charge in [-0.3, -0.25) is 4.90 Å². The van der Waals surface area contributed by atoms with Crippen molar-refractivity contribution in [2.75, 3.05) is 12.0 Å². The third-order valence-electron chi connectivity index (χ3n) is 4.84. The van der Waals surface area contributed by atoms with Crippen molar-refractivity contribution in [2.45, 2.75) is 25.1 Å². The predicted molar refractivity (Wildman–Crippen MR) is 91.5 cm³/mol. The molecule has 1 saturated heterocycles. The van der Waals surface area contributed by atoms with Crippen LogP contribution >= 0.6 is 0 Å². The van der Waals surface area contributed by atoms with Crippen LogP contribution in [0.3, 0.4) is 0 Å². The van der Waals surface area contributed by atoms with Gasteiger partial charge in [-0.2, -0.15) is 0 Å². The van der Waals surface area contributed by atoms with Crippen LogP contribution in [0.5, 0.6) is 5.75 Å². The van der Waals surface area contributed by atoms with E-state index in [0.29, 0.717) is 16.9 Å². The fourth-order valence-electron chi connectivity index (χ4n) is 3.64. The number of urea groups is 1. The molecule has 4 rings (SSSR count). The minimum Gasteiger partial charge on any atom is -0.467 e. The minimum atomic E-state index is -1.22. The van der Waals surface area contributed by atoms with Crippen molar-refractivity contribution < 1.29 is 27.8 Å². The second kappa shape index (κ2) is 5.94. The first-order valence-corrected chi connectivity index (χ1v) is 8.29. The number of ether oxygens (including phenoxy) is 2. The molecule has 0 aliphatic carbocycles. The summed E-state index contributed by atoms with van der Waals surface area (Å²) in [5.74, 6) is -1.45. The average Bonchev–Trinajstić information content (AvgIpc) is 2.63. The summed E-state index contributed by atoms with van der Waals surface area (Å²) in [6.45, 7) is 1.64. The molecule has 2 aliphatic rings. The highest BCUT2D eigenvalue weighted by molar-refractivity contribution is 5.95. The molecule has 2 aromatic rings. The van der Waals surface area contributed by atoms with E-state index in [9.17, 15) is 18.4 Å². The molecule has 0 spiro atoms. The number of carbonyl (C=O) groups excluding carboxylic acids is 2. The lowest BCUT2D eigenvalue weighted by Crippen LogP contribution is -2.65. The molecule has 6 nitrogen and oxygen atoms in total. The highest BCUT2D eigenvalue weighted by atomic mass is 19.1. The molecule has 140 valence electrons. The van der Waals surface area contributed by atoms with Gasteiger partial charge in [0.05, 0.1) is 24.4 Å². The van der Waals surface area contributed by atoms with Gasteiger partial charge in [-0.25, -0.2) is 18.4 Å². The number of nitrogens with zero attached hydrogens (tertiary/aromatic N) is 1. The molecule has 1 N–H and O–H groups in total. The van der Waals surface area contributed by atoms with Gasteiger partial charge in [0.15, 0.2) is 5.72 Å². The van der Waals surface area contributed by atoms with Gasteiger partial charge >= 0.3 is 12.0 Å². The number of fused-ring (bicyclic) bond motifs is 4. The van der Waals surface area contributed by atoms with Crippen molar-refractivity contribution in [3.8, 4) is 5.75 Å². The molecule has 2 bridgehead atoms.